The summed E-state index contributed by atoms with van der Waals surface area (Å²) < 4.78 is 0. The zero-order valence-electron chi connectivity index (χ0n) is 9.29. The molecule has 0 spiro atoms. The normalized spacial score (nSPS) is 25.7. The van der Waals surface area contributed by atoms with E-state index in [1.54, 1.807) is 0 Å². The lowest BCUT2D eigenvalue weighted by atomic mass is 9.88. The van der Waals surface area contributed by atoms with Gasteiger partial charge in [0.2, 0.25) is 0 Å². The smallest absolute Gasteiger partial charge is 0.102 e. The Morgan fingerprint density at radius 1 is 1.33 bits per heavy atom. The lowest BCUT2D eigenvalue weighted by molar-refractivity contribution is 0.0292. The molecule has 0 heterocycles. The molecule has 1 atom stereocenters. The Morgan fingerprint density at radius 3 is 2.93 bits per heavy atom. The molecule has 0 amide bonds. The summed E-state index contributed by atoms with van der Waals surface area (Å²) in [5.74, 6) is 0. The predicted molar refractivity (Wildman–Crippen MR) is 61.8 cm³/mol. The summed E-state index contributed by atoms with van der Waals surface area (Å²) >= 11 is 0. The van der Waals surface area contributed by atoms with Crippen LogP contribution in [-0.4, -0.2) is 18.7 Å². The molecule has 1 aromatic rings. The molecule has 0 saturated heterocycles. The zero-order chi connectivity index (χ0) is 10.7. The highest BCUT2D eigenvalue weighted by Crippen LogP contribution is 2.33. The maximum atomic E-state index is 10.6. The van der Waals surface area contributed by atoms with Gasteiger partial charge in [-0.05, 0) is 43.9 Å². The van der Waals surface area contributed by atoms with Crippen LogP contribution in [0.25, 0.3) is 0 Å². The van der Waals surface area contributed by atoms with Gasteiger partial charge in [-0.2, -0.15) is 0 Å². The molecule has 0 fully saturated rings. The summed E-state index contributed by atoms with van der Waals surface area (Å²) in [6.07, 6.45) is 4.25. The van der Waals surface area contributed by atoms with E-state index >= 15 is 0 Å². The van der Waals surface area contributed by atoms with Crippen LogP contribution < -0.4 is 5.32 Å². The van der Waals surface area contributed by atoms with Crippen molar-refractivity contribution in [2.24, 2.45) is 0 Å². The fourth-order valence-corrected chi connectivity index (χ4v) is 2.54. The van der Waals surface area contributed by atoms with Crippen molar-refractivity contribution in [2.45, 2.75) is 31.3 Å². The van der Waals surface area contributed by atoms with Crippen LogP contribution >= 0.6 is 0 Å². The number of hydrogen-bond acceptors (Lipinski definition) is 2. The lowest BCUT2D eigenvalue weighted by Gasteiger charge is -2.28. The van der Waals surface area contributed by atoms with Gasteiger partial charge in [0, 0.05) is 6.54 Å². The molecule has 0 radical (unpaired) electrons. The van der Waals surface area contributed by atoms with E-state index in [4.69, 9.17) is 0 Å². The molecule has 2 nitrogen and oxygen atoms in total. The van der Waals surface area contributed by atoms with Crippen LogP contribution in [-0.2, 0) is 12.0 Å². The highest BCUT2D eigenvalue weighted by Gasteiger charge is 2.31. The number of hydrogen-bond donors (Lipinski definition) is 2. The molecule has 15 heavy (non-hydrogen) atoms. The van der Waals surface area contributed by atoms with Crippen molar-refractivity contribution in [2.75, 3.05) is 13.6 Å². The van der Waals surface area contributed by atoms with E-state index in [2.05, 4.69) is 23.5 Å². The van der Waals surface area contributed by atoms with Gasteiger partial charge in [-0.15, -0.1) is 0 Å². The Bertz CT molecular complexity index is 337. The highest BCUT2D eigenvalue weighted by molar-refractivity contribution is 5.33. The van der Waals surface area contributed by atoms with Gasteiger partial charge in [-0.3, -0.25) is 0 Å². The largest absolute Gasteiger partial charge is 0.384 e. The molecule has 1 aromatic carbocycles. The molecule has 0 bridgehead atoms. The van der Waals surface area contributed by atoms with E-state index in [1.165, 1.54) is 12.0 Å². The standard InChI is InChI=1S/C13H19NO/c1-14-10-13(15)9-5-4-7-11-6-2-3-8-12(11)13/h2-3,6,8,14-15H,4-5,7,9-10H2,1H3. The number of fused-ring (bicyclic) bond motifs is 1. The van der Waals surface area contributed by atoms with Crippen LogP contribution in [0.2, 0.25) is 0 Å². The Morgan fingerprint density at radius 2 is 2.13 bits per heavy atom. The van der Waals surface area contributed by atoms with Crippen molar-refractivity contribution in [1.29, 1.82) is 0 Å². The van der Waals surface area contributed by atoms with Gasteiger partial charge < -0.3 is 10.4 Å². The first-order chi connectivity index (χ1) is 7.26. The fourth-order valence-electron chi connectivity index (χ4n) is 2.54. The molecule has 1 aliphatic rings. The molecule has 2 rings (SSSR count). The zero-order valence-corrected chi connectivity index (χ0v) is 9.29. The second-order valence-corrected chi connectivity index (χ2v) is 4.43. The third-order valence-corrected chi connectivity index (χ3v) is 3.27. The van der Waals surface area contributed by atoms with Crippen molar-refractivity contribution in [1.82, 2.24) is 5.32 Å². The van der Waals surface area contributed by atoms with Crippen molar-refractivity contribution in [3.05, 3.63) is 35.4 Å². The molecule has 0 aliphatic heterocycles. The first-order valence-corrected chi connectivity index (χ1v) is 5.72. The van der Waals surface area contributed by atoms with E-state index in [9.17, 15) is 5.11 Å². The third kappa shape index (κ3) is 2.06. The van der Waals surface area contributed by atoms with Crippen molar-refractivity contribution >= 4 is 0 Å². The second kappa shape index (κ2) is 4.33. The summed E-state index contributed by atoms with van der Waals surface area (Å²) in [4.78, 5) is 0. The maximum absolute atomic E-state index is 10.6. The molecular weight excluding hydrogens is 186 g/mol. The second-order valence-electron chi connectivity index (χ2n) is 4.43. The van der Waals surface area contributed by atoms with Crippen LogP contribution in [0.3, 0.4) is 0 Å². The van der Waals surface area contributed by atoms with E-state index in [0.29, 0.717) is 6.54 Å². The van der Waals surface area contributed by atoms with E-state index in [-0.39, 0.29) is 0 Å². The lowest BCUT2D eigenvalue weighted by Crippen LogP contribution is -2.36. The number of benzene rings is 1. The van der Waals surface area contributed by atoms with Crippen molar-refractivity contribution in [3.63, 3.8) is 0 Å². The van der Waals surface area contributed by atoms with Crippen LogP contribution in [0.4, 0.5) is 0 Å². The van der Waals surface area contributed by atoms with E-state index < -0.39 is 5.60 Å². The Hall–Kier alpha value is -0.860. The SMILES string of the molecule is CNCC1(O)CCCCc2ccccc21. The van der Waals surface area contributed by atoms with Gasteiger partial charge in [0.05, 0.1) is 0 Å². The summed E-state index contributed by atoms with van der Waals surface area (Å²) in [5, 5.41) is 13.7. The van der Waals surface area contributed by atoms with Gasteiger partial charge >= 0.3 is 0 Å². The average molecular weight is 205 g/mol. The van der Waals surface area contributed by atoms with Gasteiger partial charge in [-0.25, -0.2) is 0 Å². The molecule has 0 saturated carbocycles. The van der Waals surface area contributed by atoms with Crippen LogP contribution in [0.5, 0.6) is 0 Å². The van der Waals surface area contributed by atoms with Crippen molar-refractivity contribution in [3.8, 4) is 0 Å². The number of aliphatic hydroxyl groups is 1. The molecule has 2 heteroatoms. The topological polar surface area (TPSA) is 32.3 Å². The van der Waals surface area contributed by atoms with Crippen molar-refractivity contribution < 1.29 is 5.11 Å². The quantitative estimate of drug-likeness (QED) is 0.722. The summed E-state index contributed by atoms with van der Waals surface area (Å²) in [6.45, 7) is 0.643. The molecule has 1 aliphatic carbocycles. The van der Waals surface area contributed by atoms with Gasteiger partial charge in [-0.1, -0.05) is 24.3 Å². The van der Waals surface area contributed by atoms with E-state index in [0.717, 1.165) is 24.8 Å². The minimum atomic E-state index is -0.665. The maximum Gasteiger partial charge on any atom is 0.102 e. The minimum absolute atomic E-state index is 0.643. The summed E-state index contributed by atoms with van der Waals surface area (Å²) in [7, 11) is 1.89. The highest BCUT2D eigenvalue weighted by atomic mass is 16.3. The fraction of sp³-hybridized carbons (Fsp3) is 0.538. The average Bonchev–Trinajstić information content (AvgIpc) is 2.40. The molecule has 1 unspecified atom stereocenters. The first-order valence-electron chi connectivity index (χ1n) is 5.72. The number of likely N-dealkylation sites (N-methyl/N-ethyl adjacent to an activating group) is 1. The summed E-state index contributed by atoms with van der Waals surface area (Å²) in [5.41, 5.74) is 1.77. The first kappa shape index (κ1) is 10.7. The van der Waals surface area contributed by atoms with Crippen LogP contribution in [0, 0.1) is 0 Å². The molecule has 0 aromatic heterocycles. The Labute approximate surface area is 91.3 Å². The number of nitrogens with one attached hydrogen (secondary N) is 1. The monoisotopic (exact) mass is 205 g/mol. The van der Waals surface area contributed by atoms with Gasteiger partial charge in [0.15, 0.2) is 0 Å². The van der Waals surface area contributed by atoms with Gasteiger partial charge in [0.1, 0.15) is 5.60 Å². The molecular formula is C13H19NO. The van der Waals surface area contributed by atoms with Gasteiger partial charge in [0.25, 0.3) is 0 Å². The molecule has 2 N–H and O–H groups in total. The van der Waals surface area contributed by atoms with Crippen LogP contribution in [0.15, 0.2) is 24.3 Å². The van der Waals surface area contributed by atoms with E-state index in [1.807, 2.05) is 13.1 Å². The predicted octanol–water partition coefficient (Wildman–Crippen LogP) is 1.82. The minimum Gasteiger partial charge on any atom is -0.384 e. The summed E-state index contributed by atoms with van der Waals surface area (Å²) in [6, 6.07) is 8.29. The Balaban J connectivity index is 2.40. The third-order valence-electron chi connectivity index (χ3n) is 3.27. The Kier molecular flexibility index (Phi) is 3.08. The van der Waals surface area contributed by atoms with Crippen LogP contribution in [0.1, 0.15) is 30.4 Å². The molecule has 82 valence electrons. The number of aryl methyl sites for hydroxylation is 1. The number of rotatable bonds is 2.